The Bertz CT molecular complexity index is 659. The molecule has 3 rings (SSSR count). The monoisotopic (exact) mass is 305 g/mol. The molecule has 21 heavy (non-hydrogen) atoms. The molecule has 5 nitrogen and oxygen atoms in total. The van der Waals surface area contributed by atoms with Gasteiger partial charge in [-0.3, -0.25) is 4.79 Å². The second-order valence-corrected chi connectivity index (χ2v) is 5.94. The normalized spacial score (nSPS) is 18.0. The van der Waals surface area contributed by atoms with E-state index in [-0.39, 0.29) is 11.7 Å². The maximum atomic E-state index is 12.6. The van der Waals surface area contributed by atoms with Crippen molar-refractivity contribution in [1.82, 2.24) is 9.55 Å². The molecule has 0 aromatic carbocycles. The van der Waals surface area contributed by atoms with E-state index in [4.69, 9.17) is 4.74 Å². The van der Waals surface area contributed by atoms with Crippen molar-refractivity contribution in [1.29, 1.82) is 0 Å². The van der Waals surface area contributed by atoms with Gasteiger partial charge in [0, 0.05) is 24.7 Å². The van der Waals surface area contributed by atoms with Crippen LogP contribution in [0.25, 0.3) is 11.3 Å². The molecular formula is C15H19N3O2S. The highest BCUT2D eigenvalue weighted by atomic mass is 32.1. The lowest BCUT2D eigenvalue weighted by molar-refractivity contribution is 0.0962. The van der Waals surface area contributed by atoms with Crippen molar-refractivity contribution in [2.45, 2.75) is 32.4 Å². The number of rotatable bonds is 5. The molecule has 0 bridgehead atoms. The summed E-state index contributed by atoms with van der Waals surface area (Å²) in [6.07, 6.45) is 4.09. The van der Waals surface area contributed by atoms with E-state index in [0.29, 0.717) is 12.1 Å². The summed E-state index contributed by atoms with van der Waals surface area (Å²) in [5.74, 6) is 0. The average Bonchev–Trinajstić information content (AvgIpc) is 3.13. The Morgan fingerprint density at radius 1 is 1.57 bits per heavy atom. The Labute approximate surface area is 127 Å². The topological polar surface area (TPSA) is 56.1 Å². The van der Waals surface area contributed by atoms with E-state index in [1.165, 1.54) is 11.3 Å². The molecule has 1 aliphatic rings. The Balaban J connectivity index is 1.86. The second-order valence-electron chi connectivity index (χ2n) is 5.08. The minimum Gasteiger partial charge on any atom is -0.376 e. The smallest absolute Gasteiger partial charge is 0.260 e. The maximum Gasteiger partial charge on any atom is 0.260 e. The molecule has 0 amide bonds. The van der Waals surface area contributed by atoms with Crippen LogP contribution < -0.4 is 10.9 Å². The molecule has 2 aromatic heterocycles. The number of thiazole rings is 1. The molecule has 1 fully saturated rings. The van der Waals surface area contributed by atoms with Crippen LogP contribution in [0.15, 0.2) is 28.5 Å². The van der Waals surface area contributed by atoms with E-state index in [2.05, 4.69) is 10.3 Å². The highest BCUT2D eigenvalue weighted by Gasteiger charge is 2.17. The minimum absolute atomic E-state index is 0.00125. The van der Waals surface area contributed by atoms with Gasteiger partial charge in [0.05, 0.1) is 23.9 Å². The zero-order chi connectivity index (χ0) is 14.7. The van der Waals surface area contributed by atoms with Gasteiger partial charge in [0.2, 0.25) is 0 Å². The molecule has 1 saturated heterocycles. The van der Waals surface area contributed by atoms with Gasteiger partial charge in [0.25, 0.3) is 5.56 Å². The average molecular weight is 305 g/mol. The molecule has 1 atom stereocenters. The highest BCUT2D eigenvalue weighted by molar-refractivity contribution is 7.14. The fraction of sp³-hybridized carbons (Fsp3) is 0.467. The molecule has 2 aromatic rings. The van der Waals surface area contributed by atoms with Crippen LogP contribution in [0.5, 0.6) is 0 Å². The molecule has 6 heteroatoms. The standard InChI is InChI=1S/C15H19N3O2S/c1-2-16-15-17-13(10-21-15)12-6-3-7-18(14(12)19)9-11-5-4-8-20-11/h3,6-7,10-11H,2,4-5,8-9H2,1H3,(H,16,17). The number of hydrogen-bond acceptors (Lipinski definition) is 5. The van der Waals surface area contributed by atoms with Crippen molar-refractivity contribution in [2.24, 2.45) is 0 Å². The molecule has 0 radical (unpaired) electrons. The Kier molecular flexibility index (Phi) is 4.36. The number of ether oxygens (including phenoxy) is 1. The summed E-state index contributed by atoms with van der Waals surface area (Å²) >= 11 is 1.52. The Morgan fingerprint density at radius 3 is 3.24 bits per heavy atom. The third kappa shape index (κ3) is 3.16. The van der Waals surface area contributed by atoms with Gasteiger partial charge < -0.3 is 14.6 Å². The van der Waals surface area contributed by atoms with Crippen LogP contribution in [0.4, 0.5) is 5.13 Å². The first-order valence-electron chi connectivity index (χ1n) is 7.28. The molecule has 3 heterocycles. The van der Waals surface area contributed by atoms with Gasteiger partial charge in [0.1, 0.15) is 0 Å². The molecule has 0 aliphatic carbocycles. The van der Waals surface area contributed by atoms with Gasteiger partial charge in [-0.15, -0.1) is 11.3 Å². The summed E-state index contributed by atoms with van der Waals surface area (Å²) in [6, 6.07) is 3.73. The second kappa shape index (κ2) is 6.41. The summed E-state index contributed by atoms with van der Waals surface area (Å²) in [4.78, 5) is 17.0. The van der Waals surface area contributed by atoms with E-state index < -0.39 is 0 Å². The fourth-order valence-electron chi connectivity index (χ4n) is 2.51. The van der Waals surface area contributed by atoms with Crippen LogP contribution in [0.2, 0.25) is 0 Å². The van der Waals surface area contributed by atoms with Gasteiger partial charge in [-0.1, -0.05) is 0 Å². The zero-order valence-corrected chi connectivity index (χ0v) is 12.9. The molecular weight excluding hydrogens is 286 g/mol. The van der Waals surface area contributed by atoms with Gasteiger partial charge in [-0.25, -0.2) is 4.98 Å². The summed E-state index contributed by atoms with van der Waals surface area (Å²) in [6.45, 7) is 4.28. The van der Waals surface area contributed by atoms with E-state index in [1.807, 2.05) is 30.6 Å². The number of aromatic nitrogens is 2. The van der Waals surface area contributed by atoms with Crippen molar-refractivity contribution in [2.75, 3.05) is 18.5 Å². The van der Waals surface area contributed by atoms with Crippen LogP contribution >= 0.6 is 11.3 Å². The van der Waals surface area contributed by atoms with Crippen molar-refractivity contribution >= 4 is 16.5 Å². The predicted molar refractivity (Wildman–Crippen MR) is 84.9 cm³/mol. The van der Waals surface area contributed by atoms with E-state index in [0.717, 1.165) is 36.8 Å². The van der Waals surface area contributed by atoms with Gasteiger partial charge in [-0.2, -0.15) is 0 Å². The van der Waals surface area contributed by atoms with Crippen molar-refractivity contribution in [3.8, 4) is 11.3 Å². The number of pyridine rings is 1. The lowest BCUT2D eigenvalue weighted by Gasteiger charge is -2.12. The number of nitrogens with zero attached hydrogens (tertiary/aromatic N) is 2. The first kappa shape index (κ1) is 14.3. The maximum absolute atomic E-state index is 12.6. The largest absolute Gasteiger partial charge is 0.376 e. The lowest BCUT2D eigenvalue weighted by Crippen LogP contribution is -2.26. The van der Waals surface area contributed by atoms with Crippen LogP contribution in [-0.2, 0) is 11.3 Å². The van der Waals surface area contributed by atoms with Crippen molar-refractivity contribution < 1.29 is 4.74 Å². The Hall–Kier alpha value is -1.66. The van der Waals surface area contributed by atoms with Crippen LogP contribution in [0.3, 0.4) is 0 Å². The predicted octanol–water partition coefficient (Wildman–Crippen LogP) is 2.58. The number of hydrogen-bond donors (Lipinski definition) is 1. The molecule has 1 N–H and O–H groups in total. The van der Waals surface area contributed by atoms with Crippen LogP contribution in [-0.4, -0.2) is 28.8 Å². The van der Waals surface area contributed by atoms with Crippen LogP contribution in [0.1, 0.15) is 19.8 Å². The summed E-state index contributed by atoms with van der Waals surface area (Å²) in [5.41, 5.74) is 1.39. The fourth-order valence-corrected chi connectivity index (χ4v) is 3.29. The lowest BCUT2D eigenvalue weighted by atomic mass is 10.2. The molecule has 0 saturated carbocycles. The van der Waals surface area contributed by atoms with Gasteiger partial charge >= 0.3 is 0 Å². The number of anilines is 1. The van der Waals surface area contributed by atoms with E-state index in [1.54, 1.807) is 4.57 Å². The molecule has 0 spiro atoms. The minimum atomic E-state index is 0.00125. The summed E-state index contributed by atoms with van der Waals surface area (Å²) in [7, 11) is 0. The number of nitrogens with one attached hydrogen (secondary N) is 1. The third-order valence-electron chi connectivity index (χ3n) is 3.55. The van der Waals surface area contributed by atoms with E-state index in [9.17, 15) is 4.79 Å². The van der Waals surface area contributed by atoms with Crippen molar-refractivity contribution in [3.05, 3.63) is 34.1 Å². The molecule has 112 valence electrons. The molecule has 1 aliphatic heterocycles. The third-order valence-corrected chi connectivity index (χ3v) is 4.35. The first-order chi connectivity index (χ1) is 10.3. The first-order valence-corrected chi connectivity index (χ1v) is 8.16. The summed E-state index contributed by atoms with van der Waals surface area (Å²) < 4.78 is 7.34. The highest BCUT2D eigenvalue weighted by Crippen LogP contribution is 2.22. The van der Waals surface area contributed by atoms with Gasteiger partial charge in [-0.05, 0) is 31.9 Å². The quantitative estimate of drug-likeness (QED) is 0.922. The zero-order valence-electron chi connectivity index (χ0n) is 12.0. The summed E-state index contributed by atoms with van der Waals surface area (Å²) in [5, 5.41) is 5.94. The van der Waals surface area contributed by atoms with Crippen molar-refractivity contribution in [3.63, 3.8) is 0 Å². The Morgan fingerprint density at radius 2 is 2.48 bits per heavy atom. The van der Waals surface area contributed by atoms with Crippen LogP contribution in [0, 0.1) is 0 Å². The molecule has 1 unspecified atom stereocenters. The SMILES string of the molecule is CCNc1nc(-c2cccn(CC3CCCO3)c2=O)cs1. The van der Waals surface area contributed by atoms with E-state index >= 15 is 0 Å². The van der Waals surface area contributed by atoms with Gasteiger partial charge in [0.15, 0.2) is 5.13 Å².